The number of hydrogen-bond acceptors (Lipinski definition) is 5. The van der Waals surface area contributed by atoms with Crippen molar-refractivity contribution in [2.24, 2.45) is 0 Å². The van der Waals surface area contributed by atoms with Crippen molar-refractivity contribution in [1.82, 2.24) is 9.97 Å². The number of hydrogen-bond donors (Lipinski definition) is 3. The third-order valence-electron chi connectivity index (χ3n) is 6.15. The molecule has 5 aromatic rings. The van der Waals surface area contributed by atoms with Crippen molar-refractivity contribution in [3.05, 3.63) is 102 Å². The summed E-state index contributed by atoms with van der Waals surface area (Å²) in [4.78, 5) is 35.3. The van der Waals surface area contributed by atoms with Crippen LogP contribution < -0.4 is 20.3 Å². The summed E-state index contributed by atoms with van der Waals surface area (Å²) in [5.41, 5.74) is 5.84. The second-order valence-electron chi connectivity index (χ2n) is 8.97. The molecule has 0 aliphatic carbocycles. The number of carbonyl (C=O) groups is 2. The van der Waals surface area contributed by atoms with Crippen molar-refractivity contribution in [3.63, 3.8) is 0 Å². The number of rotatable bonds is 7. The van der Waals surface area contributed by atoms with Gasteiger partial charge < -0.3 is 25.3 Å². The number of nitrogens with one attached hydrogen (secondary N) is 3. The average Bonchev–Trinajstić information content (AvgIpc) is 3.37. The molecule has 190 valence electrons. The summed E-state index contributed by atoms with van der Waals surface area (Å²) in [5, 5.41) is 5.78. The molecule has 38 heavy (non-hydrogen) atoms. The van der Waals surface area contributed by atoms with Gasteiger partial charge >= 0.3 is 0 Å². The Hall–Kier alpha value is -5.11. The highest BCUT2D eigenvalue weighted by Gasteiger charge is 2.11. The lowest BCUT2D eigenvalue weighted by Crippen LogP contribution is -2.14. The second-order valence-corrected chi connectivity index (χ2v) is 8.97. The summed E-state index contributed by atoms with van der Waals surface area (Å²) in [6.07, 6.45) is 0. The highest BCUT2D eigenvalue weighted by molar-refractivity contribution is 6.06. The van der Waals surface area contributed by atoms with Crippen molar-refractivity contribution in [1.29, 1.82) is 0 Å². The Morgan fingerprint density at radius 1 is 0.763 bits per heavy atom. The van der Waals surface area contributed by atoms with E-state index < -0.39 is 0 Å². The van der Waals surface area contributed by atoms with Gasteiger partial charge in [-0.1, -0.05) is 0 Å². The summed E-state index contributed by atoms with van der Waals surface area (Å²) >= 11 is 0. The molecule has 1 heterocycles. The number of H-pyrrole nitrogens is 1. The number of aromatic nitrogens is 2. The van der Waals surface area contributed by atoms with Gasteiger partial charge in [0.2, 0.25) is 0 Å². The highest BCUT2D eigenvalue weighted by Crippen LogP contribution is 2.25. The first-order valence-corrected chi connectivity index (χ1v) is 12.0. The average molecular weight is 506 g/mol. The molecular formula is C30H27N5O3. The molecule has 0 saturated heterocycles. The highest BCUT2D eigenvalue weighted by atomic mass is 16.5. The van der Waals surface area contributed by atoms with Crippen LogP contribution in [0.15, 0.2) is 91.0 Å². The van der Waals surface area contributed by atoms with E-state index in [2.05, 4.69) is 20.6 Å². The number of fused-ring (bicyclic) bond motifs is 1. The van der Waals surface area contributed by atoms with Crippen LogP contribution in [0.5, 0.6) is 5.75 Å². The van der Waals surface area contributed by atoms with Gasteiger partial charge in [0.15, 0.2) is 0 Å². The van der Waals surface area contributed by atoms with E-state index in [1.165, 1.54) is 0 Å². The van der Waals surface area contributed by atoms with Gasteiger partial charge in [0.1, 0.15) is 11.6 Å². The summed E-state index contributed by atoms with van der Waals surface area (Å²) in [6, 6.07) is 27.3. The molecule has 0 saturated carbocycles. The molecule has 0 spiro atoms. The molecule has 5 rings (SSSR count). The Morgan fingerprint density at radius 3 is 1.95 bits per heavy atom. The Labute approximate surface area is 220 Å². The van der Waals surface area contributed by atoms with E-state index in [4.69, 9.17) is 4.74 Å². The molecule has 0 fully saturated rings. The van der Waals surface area contributed by atoms with Gasteiger partial charge in [0, 0.05) is 47.8 Å². The predicted molar refractivity (Wildman–Crippen MR) is 151 cm³/mol. The Morgan fingerprint density at radius 2 is 1.34 bits per heavy atom. The summed E-state index contributed by atoms with van der Waals surface area (Å²) < 4.78 is 5.21. The van der Waals surface area contributed by atoms with E-state index in [1.807, 2.05) is 73.6 Å². The third-order valence-corrected chi connectivity index (χ3v) is 6.15. The first-order chi connectivity index (χ1) is 18.4. The maximum Gasteiger partial charge on any atom is 0.255 e. The zero-order chi connectivity index (χ0) is 26.6. The zero-order valence-corrected chi connectivity index (χ0v) is 21.3. The number of carbonyl (C=O) groups excluding carboxylic acids is 2. The van der Waals surface area contributed by atoms with E-state index in [9.17, 15) is 9.59 Å². The fourth-order valence-electron chi connectivity index (χ4n) is 4.00. The van der Waals surface area contributed by atoms with Gasteiger partial charge in [-0.2, -0.15) is 0 Å². The SMILES string of the molecule is COc1ccc(-c2nc3ccc(NC(=O)c4ccc(NC(=O)c5ccc(N(C)C)cc5)cc4)cc3[nH]2)cc1. The lowest BCUT2D eigenvalue weighted by molar-refractivity contribution is 0.102. The maximum absolute atomic E-state index is 12.8. The number of imidazole rings is 1. The fourth-order valence-corrected chi connectivity index (χ4v) is 4.00. The van der Waals surface area contributed by atoms with E-state index in [1.54, 1.807) is 43.5 Å². The number of benzene rings is 4. The van der Waals surface area contributed by atoms with Gasteiger partial charge in [-0.25, -0.2) is 4.98 Å². The summed E-state index contributed by atoms with van der Waals surface area (Å²) in [5.74, 6) is 1.04. The zero-order valence-electron chi connectivity index (χ0n) is 21.3. The fraction of sp³-hybridized carbons (Fsp3) is 0.100. The molecule has 8 heteroatoms. The van der Waals surface area contributed by atoms with Gasteiger partial charge in [0.25, 0.3) is 11.8 Å². The van der Waals surface area contributed by atoms with Crippen LogP contribution in [-0.2, 0) is 0 Å². The van der Waals surface area contributed by atoms with Crippen molar-refractivity contribution < 1.29 is 14.3 Å². The van der Waals surface area contributed by atoms with Crippen LogP contribution in [0.4, 0.5) is 17.1 Å². The molecule has 0 bridgehead atoms. The monoisotopic (exact) mass is 505 g/mol. The number of amides is 2. The van der Waals surface area contributed by atoms with Crippen LogP contribution >= 0.6 is 0 Å². The van der Waals surface area contributed by atoms with Gasteiger partial charge in [0.05, 0.1) is 18.1 Å². The number of anilines is 3. The maximum atomic E-state index is 12.8. The van der Waals surface area contributed by atoms with E-state index >= 15 is 0 Å². The molecule has 0 atom stereocenters. The van der Waals surface area contributed by atoms with Gasteiger partial charge in [-0.15, -0.1) is 0 Å². The van der Waals surface area contributed by atoms with Crippen molar-refractivity contribution in [2.45, 2.75) is 0 Å². The number of ether oxygens (including phenoxy) is 1. The predicted octanol–water partition coefficient (Wildman–Crippen LogP) is 5.81. The lowest BCUT2D eigenvalue weighted by atomic mass is 10.1. The molecule has 0 radical (unpaired) electrons. The Bertz CT molecular complexity index is 1590. The molecule has 2 amide bonds. The molecule has 3 N–H and O–H groups in total. The standard InChI is InChI=1S/C30H27N5O3/c1-35(2)24-13-6-21(7-14-24)29(36)31-22-10-4-20(5-11-22)30(37)32-23-12-17-26-27(18-23)34-28(33-26)19-8-15-25(38-3)16-9-19/h4-18H,1-3H3,(H,31,36)(H,32,37)(H,33,34). The van der Waals surface area contributed by atoms with Crippen LogP contribution in [0, 0.1) is 0 Å². The molecular weight excluding hydrogens is 478 g/mol. The van der Waals surface area contributed by atoms with Crippen molar-refractivity contribution >= 4 is 39.9 Å². The first kappa shape index (κ1) is 24.6. The van der Waals surface area contributed by atoms with Crippen molar-refractivity contribution in [2.75, 3.05) is 36.7 Å². The van der Waals surface area contributed by atoms with Gasteiger partial charge in [-0.05, 0) is 91.0 Å². The van der Waals surface area contributed by atoms with Crippen LogP contribution in [0.25, 0.3) is 22.4 Å². The Kier molecular flexibility index (Phi) is 6.78. The van der Waals surface area contributed by atoms with Crippen molar-refractivity contribution in [3.8, 4) is 17.1 Å². The van der Waals surface area contributed by atoms with Gasteiger partial charge in [-0.3, -0.25) is 9.59 Å². The van der Waals surface area contributed by atoms with Crippen LogP contribution in [0.2, 0.25) is 0 Å². The second kappa shape index (κ2) is 10.5. The molecule has 0 aliphatic rings. The van der Waals surface area contributed by atoms with Crippen LogP contribution in [-0.4, -0.2) is 43.0 Å². The minimum atomic E-state index is -0.253. The molecule has 4 aromatic carbocycles. The molecule has 0 unspecified atom stereocenters. The number of aromatic amines is 1. The first-order valence-electron chi connectivity index (χ1n) is 12.0. The third kappa shape index (κ3) is 5.34. The number of nitrogens with zero attached hydrogens (tertiary/aromatic N) is 2. The molecule has 0 aliphatic heterocycles. The lowest BCUT2D eigenvalue weighted by Gasteiger charge is -2.12. The Balaban J connectivity index is 1.24. The minimum Gasteiger partial charge on any atom is -0.497 e. The quantitative estimate of drug-likeness (QED) is 0.259. The van der Waals surface area contributed by atoms with Crippen LogP contribution in [0.3, 0.4) is 0 Å². The van der Waals surface area contributed by atoms with E-state index in [-0.39, 0.29) is 11.8 Å². The number of methoxy groups -OCH3 is 1. The largest absolute Gasteiger partial charge is 0.497 e. The normalized spacial score (nSPS) is 10.7. The minimum absolute atomic E-state index is 0.214. The van der Waals surface area contributed by atoms with E-state index in [0.717, 1.165) is 33.9 Å². The summed E-state index contributed by atoms with van der Waals surface area (Å²) in [7, 11) is 5.52. The van der Waals surface area contributed by atoms with Crippen LogP contribution in [0.1, 0.15) is 20.7 Å². The molecule has 1 aromatic heterocycles. The van der Waals surface area contributed by atoms with E-state index in [0.29, 0.717) is 22.5 Å². The smallest absolute Gasteiger partial charge is 0.255 e. The topological polar surface area (TPSA) is 99.3 Å². The summed E-state index contributed by atoms with van der Waals surface area (Å²) in [6.45, 7) is 0. The molecule has 8 nitrogen and oxygen atoms in total.